The first kappa shape index (κ1) is 19.8. The Balaban J connectivity index is 2.70. The lowest BCUT2D eigenvalue weighted by Gasteiger charge is -2.26. The Bertz CT molecular complexity index is 618. The number of aromatic hydroxyl groups is 2. The molecule has 0 saturated heterocycles. The van der Waals surface area contributed by atoms with Crippen LogP contribution in [-0.4, -0.2) is 34.0 Å². The molecule has 134 valence electrons. The summed E-state index contributed by atoms with van der Waals surface area (Å²) in [5.41, 5.74) is 4.42. The van der Waals surface area contributed by atoms with Gasteiger partial charge in [-0.25, -0.2) is 4.79 Å². The zero-order valence-electron chi connectivity index (χ0n) is 14.6. The zero-order valence-corrected chi connectivity index (χ0v) is 14.6. The summed E-state index contributed by atoms with van der Waals surface area (Å²) in [5, 5.41) is 18.8. The Morgan fingerprint density at radius 3 is 2.12 bits per heavy atom. The predicted octanol–water partition coefficient (Wildman–Crippen LogP) is 1.84. The van der Waals surface area contributed by atoms with Crippen LogP contribution in [0.1, 0.15) is 40.2 Å². The fourth-order valence-electron chi connectivity index (χ4n) is 1.81. The van der Waals surface area contributed by atoms with Crippen molar-refractivity contribution < 1.29 is 29.3 Å². The van der Waals surface area contributed by atoms with Crippen molar-refractivity contribution in [3.8, 4) is 11.5 Å². The second-order valence-electron chi connectivity index (χ2n) is 7.05. The molecule has 0 unspecified atom stereocenters. The predicted molar refractivity (Wildman–Crippen MR) is 87.2 cm³/mol. The van der Waals surface area contributed by atoms with Crippen LogP contribution >= 0.6 is 0 Å². The third-order valence-electron chi connectivity index (χ3n) is 3.24. The molecular weight excluding hydrogens is 314 g/mol. The van der Waals surface area contributed by atoms with Crippen LogP contribution in [0.3, 0.4) is 0 Å². The van der Waals surface area contributed by atoms with Crippen molar-refractivity contribution in [1.29, 1.82) is 0 Å². The highest BCUT2D eigenvalue weighted by Crippen LogP contribution is 2.26. The Kier molecular flexibility index (Phi) is 5.84. The van der Waals surface area contributed by atoms with Crippen LogP contribution in [0.15, 0.2) is 18.2 Å². The van der Waals surface area contributed by atoms with Gasteiger partial charge in [0.2, 0.25) is 6.29 Å². The first-order chi connectivity index (χ1) is 10.8. The largest absolute Gasteiger partial charge is 0.504 e. The minimum absolute atomic E-state index is 0.0691. The first-order valence-electron chi connectivity index (χ1n) is 7.55. The molecule has 0 aliphatic rings. The summed E-state index contributed by atoms with van der Waals surface area (Å²) >= 11 is 0. The number of esters is 2. The smallest absolute Gasteiger partial charge is 0.329 e. The van der Waals surface area contributed by atoms with Crippen LogP contribution in [0, 0.1) is 5.41 Å². The Labute approximate surface area is 141 Å². The number of carbonyl (C=O) groups is 2. The van der Waals surface area contributed by atoms with Crippen LogP contribution in [0.4, 0.5) is 0 Å². The molecule has 0 bridgehead atoms. The van der Waals surface area contributed by atoms with Crippen molar-refractivity contribution in [2.75, 3.05) is 0 Å². The molecule has 0 aliphatic carbocycles. The zero-order chi connectivity index (χ0) is 18.7. The second kappa shape index (κ2) is 7.09. The Hall–Kier alpha value is -2.28. The van der Waals surface area contributed by atoms with Crippen molar-refractivity contribution in [3.63, 3.8) is 0 Å². The third kappa shape index (κ3) is 5.42. The Morgan fingerprint density at radius 2 is 1.62 bits per heavy atom. The maximum absolute atomic E-state index is 12.2. The fourth-order valence-corrected chi connectivity index (χ4v) is 1.81. The van der Waals surface area contributed by atoms with Crippen molar-refractivity contribution in [1.82, 2.24) is 0 Å². The van der Waals surface area contributed by atoms with Gasteiger partial charge >= 0.3 is 11.9 Å². The molecule has 0 fully saturated rings. The summed E-state index contributed by atoms with van der Waals surface area (Å²) < 4.78 is 10.1. The molecule has 0 amide bonds. The van der Waals surface area contributed by atoms with Crippen LogP contribution in [0.25, 0.3) is 0 Å². The van der Waals surface area contributed by atoms with E-state index in [2.05, 4.69) is 0 Å². The lowest BCUT2D eigenvalue weighted by Crippen LogP contribution is -2.49. The van der Waals surface area contributed by atoms with Gasteiger partial charge < -0.3 is 25.4 Å². The number of phenols is 2. The highest BCUT2D eigenvalue weighted by Gasteiger charge is 2.33. The van der Waals surface area contributed by atoms with Crippen LogP contribution in [0.2, 0.25) is 0 Å². The number of ether oxygens (including phenoxy) is 2. The number of carbonyl (C=O) groups excluding carboxylic acids is 2. The van der Waals surface area contributed by atoms with E-state index in [4.69, 9.17) is 15.2 Å². The van der Waals surface area contributed by atoms with Gasteiger partial charge in [0, 0.05) is 13.3 Å². The van der Waals surface area contributed by atoms with E-state index in [-0.39, 0.29) is 17.9 Å². The van der Waals surface area contributed by atoms with E-state index in [0.29, 0.717) is 5.56 Å². The number of benzene rings is 1. The fraction of sp³-hybridized carbons (Fsp3) is 0.529. The first-order valence-corrected chi connectivity index (χ1v) is 7.55. The summed E-state index contributed by atoms with van der Waals surface area (Å²) in [4.78, 5) is 24.0. The molecule has 7 nitrogen and oxygen atoms in total. The molecule has 4 N–H and O–H groups in total. The number of rotatable bonds is 5. The number of phenolic OH excluding ortho intramolecular Hbond substituents is 2. The van der Waals surface area contributed by atoms with E-state index in [0.717, 1.165) is 0 Å². The van der Waals surface area contributed by atoms with Gasteiger partial charge in [-0.3, -0.25) is 4.79 Å². The lowest BCUT2D eigenvalue weighted by molar-refractivity contribution is -0.193. The van der Waals surface area contributed by atoms with E-state index in [9.17, 15) is 19.8 Å². The van der Waals surface area contributed by atoms with Gasteiger partial charge in [-0.1, -0.05) is 6.07 Å². The van der Waals surface area contributed by atoms with Crippen LogP contribution in [0.5, 0.6) is 11.5 Å². The van der Waals surface area contributed by atoms with Crippen molar-refractivity contribution in [3.05, 3.63) is 23.8 Å². The standard InChI is InChI=1S/C17H25NO6/c1-10(23-14(21)16(2,3)4)24-15(22)17(5,18)9-11-6-7-12(19)13(20)8-11/h6-8,10,19-20H,9,18H2,1-5H3/t10-,17+/m1/s1. The average Bonchev–Trinajstić information content (AvgIpc) is 2.41. The minimum Gasteiger partial charge on any atom is -0.504 e. The number of hydrogen-bond donors (Lipinski definition) is 3. The van der Waals surface area contributed by atoms with Crippen molar-refractivity contribution in [2.24, 2.45) is 11.1 Å². The van der Waals surface area contributed by atoms with E-state index in [1.54, 1.807) is 20.8 Å². The SMILES string of the molecule is C[C@H](OC(=O)C(C)(C)C)OC(=O)[C@@](C)(N)Cc1ccc(O)c(O)c1. The monoisotopic (exact) mass is 339 g/mol. The summed E-state index contributed by atoms with van der Waals surface area (Å²) in [6, 6.07) is 4.16. The number of hydrogen-bond acceptors (Lipinski definition) is 7. The van der Waals surface area contributed by atoms with Gasteiger partial charge in [0.1, 0.15) is 5.54 Å². The minimum atomic E-state index is -1.40. The van der Waals surface area contributed by atoms with Gasteiger partial charge in [-0.15, -0.1) is 0 Å². The highest BCUT2D eigenvalue weighted by molar-refractivity contribution is 5.81. The molecule has 0 heterocycles. The van der Waals surface area contributed by atoms with Crippen molar-refractivity contribution in [2.45, 2.75) is 52.9 Å². The molecule has 1 aromatic carbocycles. The summed E-state index contributed by atoms with van der Waals surface area (Å²) in [6.07, 6.45) is -1.00. The average molecular weight is 339 g/mol. The molecule has 7 heteroatoms. The molecule has 2 atom stereocenters. The van der Waals surface area contributed by atoms with Crippen LogP contribution in [-0.2, 0) is 25.5 Å². The molecule has 24 heavy (non-hydrogen) atoms. The van der Waals surface area contributed by atoms with Gasteiger partial charge in [0.05, 0.1) is 5.41 Å². The molecule has 0 aromatic heterocycles. The van der Waals surface area contributed by atoms with Gasteiger partial charge in [-0.2, -0.15) is 0 Å². The summed E-state index contributed by atoms with van der Waals surface area (Å²) in [7, 11) is 0. The van der Waals surface area contributed by atoms with E-state index < -0.39 is 29.2 Å². The van der Waals surface area contributed by atoms with Gasteiger partial charge in [0.25, 0.3) is 0 Å². The molecule has 1 rings (SSSR count). The van der Waals surface area contributed by atoms with E-state index >= 15 is 0 Å². The maximum Gasteiger partial charge on any atom is 0.329 e. The topological polar surface area (TPSA) is 119 Å². The van der Waals surface area contributed by atoms with E-state index in [1.165, 1.54) is 32.0 Å². The molecule has 0 radical (unpaired) electrons. The van der Waals surface area contributed by atoms with Crippen LogP contribution < -0.4 is 5.73 Å². The molecule has 0 aliphatic heterocycles. The van der Waals surface area contributed by atoms with Crippen molar-refractivity contribution >= 4 is 11.9 Å². The molecule has 1 aromatic rings. The highest BCUT2D eigenvalue weighted by atomic mass is 16.7. The maximum atomic E-state index is 12.2. The Morgan fingerprint density at radius 1 is 1.08 bits per heavy atom. The summed E-state index contributed by atoms with van der Waals surface area (Å²) in [5.74, 6) is -1.80. The molecular formula is C17H25NO6. The van der Waals surface area contributed by atoms with Gasteiger partial charge in [0.15, 0.2) is 11.5 Å². The molecule has 0 saturated carbocycles. The summed E-state index contributed by atoms with van der Waals surface area (Å²) in [6.45, 7) is 7.97. The number of nitrogens with two attached hydrogens (primary N) is 1. The normalized spacial score (nSPS) is 15.2. The van der Waals surface area contributed by atoms with E-state index in [1.807, 2.05) is 0 Å². The second-order valence-corrected chi connectivity index (χ2v) is 7.05. The third-order valence-corrected chi connectivity index (χ3v) is 3.24. The molecule has 0 spiro atoms. The quantitative estimate of drug-likeness (QED) is 0.425. The lowest BCUT2D eigenvalue weighted by atomic mass is 9.94. The van der Waals surface area contributed by atoms with Gasteiger partial charge in [-0.05, 0) is 45.4 Å².